The zero-order chi connectivity index (χ0) is 30.0. The molecule has 42 heavy (non-hydrogen) atoms. The molecule has 1 unspecified atom stereocenters. The highest BCUT2D eigenvalue weighted by molar-refractivity contribution is 7.95. The predicted octanol–water partition coefficient (Wildman–Crippen LogP) is 1.78. The third-order valence-electron chi connectivity index (χ3n) is 6.38. The van der Waals surface area contributed by atoms with Gasteiger partial charge in [0.05, 0.1) is 39.9 Å². The summed E-state index contributed by atoms with van der Waals surface area (Å²) in [5.74, 6) is -1.54. The molecule has 1 aliphatic carbocycles. The SMILES string of the molecule is O=C(COc1cc(SOO[O-])c2ccc3c(SOO[O-])cc(S(=O)(=O)[O-])c4ccc1c2c34)NC1C=CC=C(C(=O)O)C1. The second kappa shape index (κ2) is 12.4. The number of hydrogen-bond donors (Lipinski definition) is 2. The Morgan fingerprint density at radius 1 is 0.952 bits per heavy atom. The summed E-state index contributed by atoms with van der Waals surface area (Å²) in [6, 6.07) is 8.06. The maximum atomic E-state index is 12.7. The highest BCUT2D eigenvalue weighted by Crippen LogP contribution is 2.47. The summed E-state index contributed by atoms with van der Waals surface area (Å²) in [5.41, 5.74) is 0.127. The second-order valence-corrected chi connectivity index (χ2v) is 11.6. The van der Waals surface area contributed by atoms with E-state index >= 15 is 0 Å². The number of carbonyl (C=O) groups is 2. The van der Waals surface area contributed by atoms with Crippen molar-refractivity contribution in [2.24, 2.45) is 0 Å². The molecule has 14 nitrogen and oxygen atoms in total. The monoisotopic (exact) mass is 634 g/mol. The Balaban J connectivity index is 1.59. The number of hydrogen-bond acceptors (Lipinski definition) is 14. The van der Waals surface area contributed by atoms with Crippen molar-refractivity contribution in [3.8, 4) is 5.75 Å². The quantitative estimate of drug-likeness (QED) is 0.0746. The van der Waals surface area contributed by atoms with Crippen LogP contribution in [-0.4, -0.2) is 42.6 Å². The molecule has 17 heteroatoms. The van der Waals surface area contributed by atoms with Gasteiger partial charge in [-0.1, -0.05) is 36.4 Å². The number of amides is 1. The Morgan fingerprint density at radius 3 is 2.17 bits per heavy atom. The maximum absolute atomic E-state index is 12.7. The van der Waals surface area contributed by atoms with E-state index in [-0.39, 0.29) is 38.3 Å². The van der Waals surface area contributed by atoms with Gasteiger partial charge in [0, 0.05) is 33.0 Å². The van der Waals surface area contributed by atoms with Crippen LogP contribution in [0.1, 0.15) is 6.42 Å². The van der Waals surface area contributed by atoms with Gasteiger partial charge in [0.1, 0.15) is 15.9 Å². The van der Waals surface area contributed by atoms with Gasteiger partial charge >= 0.3 is 5.97 Å². The van der Waals surface area contributed by atoms with Crippen LogP contribution in [0.4, 0.5) is 0 Å². The minimum atomic E-state index is -5.01. The molecule has 0 saturated carbocycles. The van der Waals surface area contributed by atoms with Crippen LogP contribution in [0.5, 0.6) is 5.75 Å². The lowest BCUT2D eigenvalue weighted by atomic mass is 9.93. The molecular formula is C25H16NO13S3-3. The summed E-state index contributed by atoms with van der Waals surface area (Å²) >= 11 is 0.922. The van der Waals surface area contributed by atoms with Gasteiger partial charge in [-0.3, -0.25) is 14.9 Å². The molecule has 2 N–H and O–H groups in total. The van der Waals surface area contributed by atoms with E-state index in [0.29, 0.717) is 45.6 Å². The first-order chi connectivity index (χ1) is 20.1. The fourth-order valence-corrected chi connectivity index (χ4v) is 6.58. The average Bonchev–Trinajstić information content (AvgIpc) is 2.96. The molecule has 1 atom stereocenters. The molecule has 0 heterocycles. The van der Waals surface area contributed by atoms with Crippen LogP contribution >= 0.6 is 24.1 Å². The zero-order valence-electron chi connectivity index (χ0n) is 20.8. The number of carbonyl (C=O) groups excluding carboxylic acids is 1. The fourth-order valence-electron chi connectivity index (χ4n) is 4.76. The van der Waals surface area contributed by atoms with Crippen molar-refractivity contribution in [3.05, 3.63) is 60.2 Å². The third-order valence-corrected chi connectivity index (χ3v) is 8.54. The van der Waals surface area contributed by atoms with Crippen molar-refractivity contribution < 1.29 is 61.7 Å². The lowest BCUT2D eigenvalue weighted by Gasteiger charge is -2.21. The van der Waals surface area contributed by atoms with Crippen molar-refractivity contribution in [2.75, 3.05) is 6.61 Å². The highest BCUT2D eigenvalue weighted by atomic mass is 32.2. The van der Waals surface area contributed by atoms with Crippen molar-refractivity contribution in [1.29, 1.82) is 0 Å². The van der Waals surface area contributed by atoms with Crippen LogP contribution in [0.2, 0.25) is 0 Å². The molecule has 220 valence electrons. The van der Waals surface area contributed by atoms with Gasteiger partial charge in [-0.05, 0) is 34.4 Å². The Hall–Kier alpha value is -3.49. The second-order valence-electron chi connectivity index (χ2n) is 8.76. The number of benzene rings is 4. The molecule has 4 aromatic carbocycles. The summed E-state index contributed by atoms with van der Waals surface area (Å²) < 4.78 is 51.3. The van der Waals surface area contributed by atoms with Crippen LogP contribution in [0.3, 0.4) is 0 Å². The van der Waals surface area contributed by atoms with Gasteiger partial charge in [0.25, 0.3) is 5.91 Å². The molecule has 5 rings (SSSR count). The van der Waals surface area contributed by atoms with Gasteiger partial charge in [0.15, 0.2) is 6.61 Å². The van der Waals surface area contributed by atoms with Crippen molar-refractivity contribution in [3.63, 3.8) is 0 Å². The van der Waals surface area contributed by atoms with E-state index in [2.05, 4.69) is 24.1 Å². The lowest BCUT2D eigenvalue weighted by Crippen LogP contribution is -2.38. The van der Waals surface area contributed by atoms with Crippen LogP contribution < -0.4 is 20.6 Å². The Morgan fingerprint density at radius 2 is 1.55 bits per heavy atom. The minimum absolute atomic E-state index is 0.0590. The molecule has 0 aromatic heterocycles. The van der Waals surface area contributed by atoms with E-state index in [1.54, 1.807) is 18.2 Å². The largest absolute Gasteiger partial charge is 0.744 e. The van der Waals surface area contributed by atoms with Gasteiger partial charge in [-0.2, -0.15) is 8.67 Å². The number of carboxylic acids is 1. The standard InChI is InChI=1S/C25H19NO13S3/c27-22(26-13-3-1-2-12(8-13)25(28)29)11-35-18-9-19(40-38-36-30)15-5-6-16-20(41-39-37-31)10-21(42(32,33)34)17-7-4-14(18)23(15)24(16)17/h1-7,9-10,13,30-31H,8,11H2,(H,26,27)(H,28,29)(H,32,33,34)/p-3. The van der Waals surface area contributed by atoms with E-state index in [4.69, 9.17) is 4.74 Å². The molecule has 0 radical (unpaired) electrons. The number of aliphatic carboxylic acids is 1. The topological polar surface area (TPSA) is 216 Å². The van der Waals surface area contributed by atoms with Gasteiger partial charge < -0.3 is 30.2 Å². The molecule has 0 saturated heterocycles. The molecule has 0 fully saturated rings. The highest BCUT2D eigenvalue weighted by Gasteiger charge is 2.23. The number of allylic oxidation sites excluding steroid dienone is 2. The van der Waals surface area contributed by atoms with E-state index in [1.165, 1.54) is 30.4 Å². The van der Waals surface area contributed by atoms with Crippen LogP contribution in [0.15, 0.2) is 74.9 Å². The molecule has 0 spiro atoms. The van der Waals surface area contributed by atoms with E-state index in [1.807, 2.05) is 0 Å². The Kier molecular flexibility index (Phi) is 8.85. The average molecular weight is 635 g/mol. The van der Waals surface area contributed by atoms with Crippen molar-refractivity contribution in [2.45, 2.75) is 27.1 Å². The number of carboxylic acid groups (broad SMARTS) is 1. The van der Waals surface area contributed by atoms with E-state index in [9.17, 15) is 38.2 Å². The first kappa shape index (κ1) is 30.0. The molecular weight excluding hydrogens is 618 g/mol. The first-order valence-corrected chi connectivity index (χ1v) is 14.5. The number of ether oxygens (including phenoxy) is 1. The maximum Gasteiger partial charge on any atom is 0.331 e. The first-order valence-electron chi connectivity index (χ1n) is 11.7. The summed E-state index contributed by atoms with van der Waals surface area (Å²) in [5, 5.41) is 41.8. The van der Waals surface area contributed by atoms with Gasteiger partial charge in [-0.15, -0.1) is 0 Å². The van der Waals surface area contributed by atoms with Crippen molar-refractivity contribution in [1.82, 2.24) is 5.32 Å². The van der Waals surface area contributed by atoms with Crippen LogP contribution in [-0.2, 0) is 38.5 Å². The smallest absolute Gasteiger partial charge is 0.331 e. The van der Waals surface area contributed by atoms with E-state index in [0.717, 1.165) is 6.07 Å². The number of rotatable bonds is 12. The molecule has 1 aliphatic rings. The number of nitrogens with one attached hydrogen (secondary N) is 1. The molecule has 0 aliphatic heterocycles. The summed E-state index contributed by atoms with van der Waals surface area (Å²) in [6.07, 6.45) is 4.68. The predicted molar refractivity (Wildman–Crippen MR) is 141 cm³/mol. The van der Waals surface area contributed by atoms with Gasteiger partial charge in [0.2, 0.25) is 0 Å². The summed E-state index contributed by atoms with van der Waals surface area (Å²) in [4.78, 5) is 23.7. The Bertz CT molecular complexity index is 1860. The van der Waals surface area contributed by atoms with E-state index < -0.39 is 39.5 Å². The van der Waals surface area contributed by atoms with Crippen LogP contribution in [0, 0.1) is 0 Å². The minimum Gasteiger partial charge on any atom is -0.744 e. The zero-order valence-corrected chi connectivity index (χ0v) is 23.2. The summed E-state index contributed by atoms with van der Waals surface area (Å²) in [6.45, 7) is -0.501. The molecule has 0 bridgehead atoms. The molecule has 4 aromatic rings. The van der Waals surface area contributed by atoms with Crippen LogP contribution in [0.25, 0.3) is 32.3 Å². The third kappa shape index (κ3) is 6.01. The fraction of sp³-hybridized carbons (Fsp3) is 0.120. The Labute approximate surface area is 244 Å². The normalized spacial score (nSPS) is 15.4. The molecule has 1 amide bonds. The van der Waals surface area contributed by atoms with Crippen molar-refractivity contribution >= 4 is 78.4 Å². The van der Waals surface area contributed by atoms with Gasteiger partial charge in [-0.25, -0.2) is 13.2 Å². The summed E-state index contributed by atoms with van der Waals surface area (Å²) in [7, 11) is -5.01. The lowest BCUT2D eigenvalue weighted by molar-refractivity contribution is -0.777.